The van der Waals surface area contributed by atoms with Gasteiger partial charge in [0.25, 0.3) is 5.91 Å². The van der Waals surface area contributed by atoms with Gasteiger partial charge in [0, 0.05) is 11.6 Å². The molecule has 2 heterocycles. The second-order valence-corrected chi connectivity index (χ2v) is 7.50. The van der Waals surface area contributed by atoms with Crippen LogP contribution in [-0.4, -0.2) is 20.7 Å². The zero-order valence-electron chi connectivity index (χ0n) is 17.3. The van der Waals surface area contributed by atoms with Crippen molar-refractivity contribution < 1.29 is 9.63 Å². The molecular formula is C24H24N4O2. The minimum atomic E-state index is -0.323. The topological polar surface area (TPSA) is 69.0 Å². The van der Waals surface area contributed by atoms with Gasteiger partial charge >= 0.3 is 0 Å². The fraction of sp³-hybridized carbons (Fsp3) is 0.208. The number of hydrogen-bond acceptors (Lipinski definition) is 4. The number of fused-ring (bicyclic) bond motifs is 1. The summed E-state index contributed by atoms with van der Waals surface area (Å²) in [7, 11) is 0. The third kappa shape index (κ3) is 3.95. The second-order valence-electron chi connectivity index (χ2n) is 7.50. The average molecular weight is 400 g/mol. The van der Waals surface area contributed by atoms with Crippen LogP contribution in [0.3, 0.4) is 0 Å². The van der Waals surface area contributed by atoms with Crippen molar-refractivity contribution in [1.82, 2.24) is 20.2 Å². The summed E-state index contributed by atoms with van der Waals surface area (Å²) in [6, 6.07) is 19.6. The molecule has 4 aromatic rings. The summed E-state index contributed by atoms with van der Waals surface area (Å²) in [4.78, 5) is 23.3. The summed E-state index contributed by atoms with van der Waals surface area (Å²) in [6.45, 7) is 6.40. The van der Waals surface area contributed by atoms with Gasteiger partial charge in [-0.3, -0.25) is 9.63 Å². The number of carbonyl (C=O) groups is 1. The van der Waals surface area contributed by atoms with E-state index in [0.29, 0.717) is 16.6 Å². The zero-order valence-corrected chi connectivity index (χ0v) is 17.3. The van der Waals surface area contributed by atoms with Crippen LogP contribution in [0.2, 0.25) is 0 Å². The number of rotatable bonds is 6. The lowest BCUT2D eigenvalue weighted by molar-refractivity contribution is 0.0235. The van der Waals surface area contributed by atoms with Gasteiger partial charge in [-0.15, -0.1) is 0 Å². The van der Waals surface area contributed by atoms with Crippen LogP contribution in [0.1, 0.15) is 41.4 Å². The van der Waals surface area contributed by atoms with Crippen LogP contribution in [0, 0.1) is 6.92 Å². The van der Waals surface area contributed by atoms with Crippen LogP contribution in [-0.2, 0) is 11.4 Å². The molecule has 6 nitrogen and oxygen atoms in total. The van der Waals surface area contributed by atoms with E-state index in [1.54, 1.807) is 12.3 Å². The van der Waals surface area contributed by atoms with Gasteiger partial charge < -0.3 is 0 Å². The van der Waals surface area contributed by atoms with Crippen molar-refractivity contribution in [3.63, 3.8) is 0 Å². The average Bonchev–Trinajstić information content (AvgIpc) is 3.18. The van der Waals surface area contributed by atoms with Crippen molar-refractivity contribution in [2.75, 3.05) is 0 Å². The molecule has 0 unspecified atom stereocenters. The number of aromatic nitrogens is 3. The number of pyridine rings is 1. The molecule has 0 aliphatic heterocycles. The minimum absolute atomic E-state index is 0.118. The number of benzene rings is 2. The maximum Gasteiger partial charge on any atom is 0.275 e. The number of nitrogens with one attached hydrogen (secondary N) is 1. The molecule has 30 heavy (non-hydrogen) atoms. The number of aryl methyl sites for hydroxylation is 1. The fourth-order valence-electron chi connectivity index (χ4n) is 3.40. The van der Waals surface area contributed by atoms with E-state index in [2.05, 4.69) is 10.6 Å². The van der Waals surface area contributed by atoms with E-state index in [0.717, 1.165) is 22.4 Å². The highest BCUT2D eigenvalue weighted by atomic mass is 16.6. The molecule has 1 N–H and O–H groups in total. The molecule has 0 bridgehead atoms. The van der Waals surface area contributed by atoms with E-state index in [-0.39, 0.29) is 18.6 Å². The summed E-state index contributed by atoms with van der Waals surface area (Å²) in [5.74, 6) is -0.323. The molecule has 0 saturated carbocycles. The lowest BCUT2D eigenvalue weighted by Crippen LogP contribution is -2.24. The first-order chi connectivity index (χ1) is 14.5. The van der Waals surface area contributed by atoms with Gasteiger partial charge in [-0.05, 0) is 38.0 Å². The molecule has 0 aliphatic carbocycles. The van der Waals surface area contributed by atoms with Crippen molar-refractivity contribution in [2.45, 2.75) is 33.4 Å². The van der Waals surface area contributed by atoms with Crippen molar-refractivity contribution in [1.29, 1.82) is 0 Å². The third-order valence-electron chi connectivity index (χ3n) is 4.97. The van der Waals surface area contributed by atoms with Gasteiger partial charge in [-0.2, -0.15) is 5.10 Å². The number of carbonyl (C=O) groups excluding carboxylic acids is 1. The van der Waals surface area contributed by atoms with Gasteiger partial charge in [0.05, 0.1) is 29.4 Å². The van der Waals surface area contributed by atoms with E-state index < -0.39 is 0 Å². The summed E-state index contributed by atoms with van der Waals surface area (Å²) in [5, 5.41) is 5.15. The summed E-state index contributed by atoms with van der Waals surface area (Å²) < 4.78 is 1.83. The maximum absolute atomic E-state index is 13.0. The van der Waals surface area contributed by atoms with Crippen LogP contribution in [0.15, 0.2) is 66.9 Å². The van der Waals surface area contributed by atoms with E-state index >= 15 is 0 Å². The SMILES string of the molecule is Cc1ccccc1-c1cc(C(=O)NOCc2ccccc2)c2cnn(C(C)C)c2n1. The minimum Gasteiger partial charge on any atom is -0.269 e. The molecule has 0 aliphatic rings. The fourth-order valence-corrected chi connectivity index (χ4v) is 3.40. The highest BCUT2D eigenvalue weighted by molar-refractivity contribution is 6.06. The number of hydrogen-bond donors (Lipinski definition) is 1. The van der Waals surface area contributed by atoms with Gasteiger partial charge in [-0.1, -0.05) is 54.6 Å². The Kier molecular flexibility index (Phi) is 5.59. The monoisotopic (exact) mass is 400 g/mol. The normalized spacial score (nSPS) is 11.2. The van der Waals surface area contributed by atoms with Crippen LogP contribution in [0.4, 0.5) is 0 Å². The summed E-state index contributed by atoms with van der Waals surface area (Å²) in [5.41, 5.74) is 7.51. The molecule has 0 fully saturated rings. The van der Waals surface area contributed by atoms with Crippen LogP contribution in [0.25, 0.3) is 22.3 Å². The molecular weight excluding hydrogens is 376 g/mol. The van der Waals surface area contributed by atoms with Gasteiger partial charge in [-0.25, -0.2) is 15.1 Å². The predicted molar refractivity (Wildman–Crippen MR) is 117 cm³/mol. The first-order valence-electron chi connectivity index (χ1n) is 9.95. The molecule has 0 atom stereocenters. The molecule has 6 heteroatoms. The largest absolute Gasteiger partial charge is 0.275 e. The molecule has 4 rings (SSSR count). The van der Waals surface area contributed by atoms with Crippen molar-refractivity contribution in [2.24, 2.45) is 0 Å². The standard InChI is InChI=1S/C24H24N4O2/c1-16(2)28-23-21(14-25-28)20(13-22(26-23)19-12-8-7-9-17(19)3)24(29)27-30-15-18-10-5-4-6-11-18/h4-14,16H,15H2,1-3H3,(H,27,29). The smallest absolute Gasteiger partial charge is 0.269 e. The third-order valence-corrected chi connectivity index (χ3v) is 4.97. The Morgan fingerprint density at radius 1 is 1.10 bits per heavy atom. The van der Waals surface area contributed by atoms with Crippen molar-refractivity contribution in [3.8, 4) is 11.3 Å². The molecule has 1 amide bonds. The van der Waals surface area contributed by atoms with Gasteiger partial charge in [0.2, 0.25) is 0 Å². The van der Waals surface area contributed by atoms with Gasteiger partial charge in [0.1, 0.15) is 0 Å². The number of nitrogens with zero attached hydrogens (tertiary/aromatic N) is 3. The van der Waals surface area contributed by atoms with Gasteiger partial charge in [0.15, 0.2) is 5.65 Å². The quantitative estimate of drug-likeness (QED) is 0.470. The first kappa shape index (κ1) is 19.8. The van der Waals surface area contributed by atoms with E-state index in [1.807, 2.05) is 80.1 Å². The van der Waals surface area contributed by atoms with E-state index in [4.69, 9.17) is 9.82 Å². The first-order valence-corrected chi connectivity index (χ1v) is 9.95. The molecule has 2 aromatic carbocycles. The Morgan fingerprint density at radius 3 is 2.57 bits per heavy atom. The highest BCUT2D eigenvalue weighted by Gasteiger charge is 2.19. The number of hydroxylamine groups is 1. The Bertz CT molecular complexity index is 1180. The Morgan fingerprint density at radius 2 is 1.83 bits per heavy atom. The Labute approximate surface area is 175 Å². The highest BCUT2D eigenvalue weighted by Crippen LogP contribution is 2.28. The molecule has 0 spiro atoms. The molecule has 0 radical (unpaired) electrons. The molecule has 152 valence electrons. The Balaban J connectivity index is 1.70. The summed E-state index contributed by atoms with van der Waals surface area (Å²) >= 11 is 0. The Hall–Kier alpha value is -3.51. The van der Waals surface area contributed by atoms with E-state index in [9.17, 15) is 4.79 Å². The maximum atomic E-state index is 13.0. The lowest BCUT2D eigenvalue weighted by Gasteiger charge is -2.12. The summed E-state index contributed by atoms with van der Waals surface area (Å²) in [6.07, 6.45) is 1.69. The number of amides is 1. The van der Waals surface area contributed by atoms with Crippen LogP contribution in [0.5, 0.6) is 0 Å². The zero-order chi connectivity index (χ0) is 21.1. The second kappa shape index (κ2) is 8.47. The molecule has 2 aromatic heterocycles. The lowest BCUT2D eigenvalue weighted by atomic mass is 10.0. The van der Waals surface area contributed by atoms with Crippen molar-refractivity contribution >= 4 is 16.9 Å². The predicted octanol–water partition coefficient (Wildman–Crippen LogP) is 4.85. The van der Waals surface area contributed by atoms with Crippen molar-refractivity contribution in [3.05, 3.63) is 83.6 Å². The van der Waals surface area contributed by atoms with E-state index in [1.165, 1.54) is 0 Å². The van der Waals surface area contributed by atoms with Crippen LogP contribution < -0.4 is 5.48 Å². The molecule has 0 saturated heterocycles. The van der Waals surface area contributed by atoms with Crippen LogP contribution >= 0.6 is 0 Å².